The molecule has 0 aromatic heterocycles. The largest absolute Gasteiger partial charge is 0.330 e. The molecular weight excluding hydrogens is 508 g/mol. The summed E-state index contributed by atoms with van der Waals surface area (Å²) in [4.78, 5) is 2.27. The van der Waals surface area contributed by atoms with Gasteiger partial charge in [0.25, 0.3) is 0 Å². The van der Waals surface area contributed by atoms with E-state index in [0.717, 1.165) is 27.3 Å². The molecule has 2 aliphatic rings. The Morgan fingerprint density at radius 1 is 0.690 bits per heavy atom. The molecule has 1 aliphatic heterocycles. The van der Waals surface area contributed by atoms with E-state index in [2.05, 4.69) is 160 Å². The summed E-state index contributed by atoms with van der Waals surface area (Å²) in [6.45, 7) is 11.3. The van der Waals surface area contributed by atoms with E-state index in [1.807, 2.05) is 0 Å². The molecule has 0 saturated carbocycles. The third kappa shape index (κ3) is 4.14. The van der Waals surface area contributed by atoms with E-state index in [-0.39, 0.29) is 17.5 Å². The van der Waals surface area contributed by atoms with Gasteiger partial charge in [0, 0.05) is 28.8 Å². The van der Waals surface area contributed by atoms with Crippen LogP contribution in [0.4, 0.5) is 5.69 Å². The lowest BCUT2D eigenvalue weighted by molar-refractivity contribution is 0.601. The molecule has 1 aliphatic carbocycles. The SMILES string of the molecule is C=C1/C=c2/cccc/c2=C/N(C(N)C(c2ccc3c(c2)C(C)(C)c2ccccc2-3)c2ccccc2C)c2ccccc21. The fourth-order valence-corrected chi connectivity index (χ4v) is 7.03. The average molecular weight is 545 g/mol. The van der Waals surface area contributed by atoms with Gasteiger partial charge in [-0.1, -0.05) is 130 Å². The number of aryl methyl sites for hydroxylation is 1. The van der Waals surface area contributed by atoms with Crippen LogP contribution in [0.15, 0.2) is 122 Å². The number of allylic oxidation sites excluding steroid dienone is 1. The summed E-state index contributed by atoms with van der Waals surface area (Å²) in [5.41, 5.74) is 19.7. The first-order valence-electron chi connectivity index (χ1n) is 14.8. The van der Waals surface area contributed by atoms with Gasteiger partial charge in [-0.05, 0) is 74.0 Å². The number of nitrogens with zero attached hydrogens (tertiary/aromatic N) is 1. The van der Waals surface area contributed by atoms with E-state index in [1.165, 1.54) is 38.9 Å². The number of fused-ring (bicyclic) bond motifs is 5. The van der Waals surface area contributed by atoms with Crippen molar-refractivity contribution in [1.82, 2.24) is 0 Å². The lowest BCUT2D eigenvalue weighted by atomic mass is 9.79. The van der Waals surface area contributed by atoms with Crippen LogP contribution in [0.2, 0.25) is 0 Å². The second kappa shape index (κ2) is 10.0. The van der Waals surface area contributed by atoms with Gasteiger partial charge < -0.3 is 10.6 Å². The van der Waals surface area contributed by atoms with Crippen LogP contribution in [0.3, 0.4) is 0 Å². The van der Waals surface area contributed by atoms with Gasteiger partial charge in [0.1, 0.15) is 0 Å². The maximum atomic E-state index is 7.52. The number of para-hydroxylation sites is 1. The van der Waals surface area contributed by atoms with E-state index in [9.17, 15) is 0 Å². The predicted octanol–water partition coefficient (Wildman–Crippen LogP) is 7.47. The molecule has 7 rings (SSSR count). The van der Waals surface area contributed by atoms with Crippen molar-refractivity contribution in [2.45, 2.75) is 38.3 Å². The maximum Gasteiger partial charge on any atom is 0.0925 e. The summed E-state index contributed by atoms with van der Waals surface area (Å²) < 4.78 is 0. The Kier molecular flexibility index (Phi) is 6.26. The number of anilines is 1. The number of rotatable bonds is 4. The van der Waals surface area contributed by atoms with Gasteiger partial charge in [-0.25, -0.2) is 0 Å². The standard InChI is InChI=1S/C40H36N2/c1-26-13-5-8-17-32(26)38(29-21-22-34-33-18-9-11-19-35(33)40(3,4)36(34)24-29)39(41)42-25-30-15-7-6-14-28(30)23-27(2)31-16-10-12-20-37(31)42/h5-25,38-39H,2,41H2,1,3-4H3/b28-23-,30-25-. The normalized spacial score (nSPS) is 17.6. The van der Waals surface area contributed by atoms with Gasteiger partial charge in [-0.2, -0.15) is 0 Å². The quantitative estimate of drug-likeness (QED) is 0.254. The maximum absolute atomic E-state index is 7.52. The van der Waals surface area contributed by atoms with E-state index in [1.54, 1.807) is 0 Å². The van der Waals surface area contributed by atoms with Crippen LogP contribution in [-0.4, -0.2) is 6.17 Å². The smallest absolute Gasteiger partial charge is 0.0925 e. The van der Waals surface area contributed by atoms with Crippen LogP contribution in [0.5, 0.6) is 0 Å². The zero-order valence-electron chi connectivity index (χ0n) is 24.5. The highest BCUT2D eigenvalue weighted by atomic mass is 15.2. The molecule has 206 valence electrons. The van der Waals surface area contributed by atoms with Crippen LogP contribution in [-0.2, 0) is 5.41 Å². The van der Waals surface area contributed by atoms with Crippen LogP contribution < -0.4 is 21.1 Å². The summed E-state index contributed by atoms with van der Waals surface area (Å²) >= 11 is 0. The molecule has 2 nitrogen and oxygen atoms in total. The van der Waals surface area contributed by atoms with Crippen LogP contribution in [0, 0.1) is 6.92 Å². The van der Waals surface area contributed by atoms with E-state index < -0.39 is 0 Å². The first kappa shape index (κ1) is 26.3. The minimum absolute atomic E-state index is 0.0795. The third-order valence-electron chi connectivity index (χ3n) is 9.29. The fourth-order valence-electron chi connectivity index (χ4n) is 7.03. The minimum atomic E-state index is -0.379. The fraction of sp³-hybridized carbons (Fsp3) is 0.150. The molecule has 5 aromatic carbocycles. The Bertz CT molecular complexity index is 1980. The van der Waals surface area contributed by atoms with Crippen molar-refractivity contribution in [3.8, 4) is 11.1 Å². The van der Waals surface area contributed by atoms with Gasteiger partial charge in [-0.3, -0.25) is 0 Å². The Hall–Kier alpha value is -4.66. The average Bonchev–Trinajstić information content (AvgIpc) is 3.23. The molecule has 2 unspecified atom stereocenters. The molecule has 0 spiro atoms. The van der Waals surface area contributed by atoms with Crippen LogP contribution >= 0.6 is 0 Å². The zero-order chi connectivity index (χ0) is 29.0. The van der Waals surface area contributed by atoms with E-state index in [4.69, 9.17) is 5.73 Å². The highest BCUT2D eigenvalue weighted by Gasteiger charge is 2.37. The van der Waals surface area contributed by atoms with Crippen LogP contribution in [0.1, 0.15) is 53.1 Å². The lowest BCUT2D eigenvalue weighted by Crippen LogP contribution is -2.46. The van der Waals surface area contributed by atoms with E-state index >= 15 is 0 Å². The summed E-state index contributed by atoms with van der Waals surface area (Å²) in [7, 11) is 0. The Morgan fingerprint density at radius 3 is 2.14 bits per heavy atom. The van der Waals surface area contributed by atoms with Crippen molar-refractivity contribution in [2.24, 2.45) is 5.73 Å². The first-order chi connectivity index (χ1) is 20.3. The molecule has 0 saturated heterocycles. The van der Waals surface area contributed by atoms with Crippen molar-refractivity contribution < 1.29 is 0 Å². The molecule has 2 heteroatoms. The Balaban J connectivity index is 1.45. The molecule has 0 amide bonds. The van der Waals surface area contributed by atoms with Crippen molar-refractivity contribution >= 4 is 23.5 Å². The van der Waals surface area contributed by atoms with E-state index in [0.29, 0.717) is 0 Å². The summed E-state index contributed by atoms with van der Waals surface area (Å²) in [6, 6.07) is 41.5. The topological polar surface area (TPSA) is 29.3 Å². The lowest BCUT2D eigenvalue weighted by Gasteiger charge is -2.37. The van der Waals surface area contributed by atoms with Crippen LogP contribution in [0.25, 0.3) is 29.0 Å². The number of hydrogen-bond donors (Lipinski definition) is 1. The number of hydrogen-bond acceptors (Lipinski definition) is 2. The van der Waals surface area contributed by atoms with Gasteiger partial charge in [0.2, 0.25) is 0 Å². The van der Waals surface area contributed by atoms with Crippen molar-refractivity contribution in [3.05, 3.63) is 166 Å². The Morgan fingerprint density at radius 2 is 1.33 bits per heavy atom. The summed E-state index contributed by atoms with van der Waals surface area (Å²) in [6.07, 6.45) is 4.02. The molecule has 2 atom stereocenters. The summed E-state index contributed by atoms with van der Waals surface area (Å²) in [5.74, 6) is -0.0795. The third-order valence-corrected chi connectivity index (χ3v) is 9.29. The Labute approximate surface area is 248 Å². The minimum Gasteiger partial charge on any atom is -0.330 e. The second-order valence-electron chi connectivity index (χ2n) is 12.2. The first-order valence-corrected chi connectivity index (χ1v) is 14.8. The predicted molar refractivity (Wildman–Crippen MR) is 178 cm³/mol. The van der Waals surface area contributed by atoms with Gasteiger partial charge in [0.15, 0.2) is 0 Å². The highest BCUT2D eigenvalue weighted by molar-refractivity contribution is 5.94. The molecule has 42 heavy (non-hydrogen) atoms. The molecule has 0 fully saturated rings. The molecular formula is C40H36N2. The molecule has 0 radical (unpaired) electrons. The highest BCUT2D eigenvalue weighted by Crippen LogP contribution is 2.50. The number of benzene rings is 5. The molecule has 2 N–H and O–H groups in total. The van der Waals surface area contributed by atoms with Gasteiger partial charge in [-0.15, -0.1) is 0 Å². The van der Waals surface area contributed by atoms with Crippen molar-refractivity contribution in [2.75, 3.05) is 4.90 Å². The number of nitrogens with two attached hydrogens (primary N) is 1. The monoisotopic (exact) mass is 544 g/mol. The van der Waals surface area contributed by atoms with Crippen molar-refractivity contribution in [3.63, 3.8) is 0 Å². The summed E-state index contributed by atoms with van der Waals surface area (Å²) in [5, 5.41) is 2.26. The second-order valence-corrected chi connectivity index (χ2v) is 12.2. The molecule has 0 bridgehead atoms. The van der Waals surface area contributed by atoms with Crippen molar-refractivity contribution in [1.29, 1.82) is 0 Å². The van der Waals surface area contributed by atoms with Gasteiger partial charge in [0.05, 0.1) is 6.17 Å². The molecule has 5 aromatic rings. The van der Waals surface area contributed by atoms with Gasteiger partial charge >= 0.3 is 0 Å². The molecule has 1 heterocycles. The zero-order valence-corrected chi connectivity index (χ0v) is 24.5.